The summed E-state index contributed by atoms with van der Waals surface area (Å²) in [6.45, 7) is 5.00. The molecule has 3 rings (SSSR count). The summed E-state index contributed by atoms with van der Waals surface area (Å²) in [4.78, 5) is 14.4. The first-order valence-electron chi connectivity index (χ1n) is 9.03. The first-order valence-corrected chi connectivity index (χ1v) is 9.03. The molecule has 2 aromatic carbocycles. The molecule has 1 heterocycles. The summed E-state index contributed by atoms with van der Waals surface area (Å²) >= 11 is 0. The molecule has 0 atom stereocenters. The molecule has 0 saturated heterocycles. The van der Waals surface area contributed by atoms with Gasteiger partial charge in [0, 0.05) is 19.3 Å². The van der Waals surface area contributed by atoms with Crippen molar-refractivity contribution in [3.8, 4) is 0 Å². The molecule has 1 amide bonds. The average molecular weight is 360 g/mol. The predicted molar refractivity (Wildman–Crippen MR) is 109 cm³/mol. The number of aromatic nitrogens is 2. The van der Waals surface area contributed by atoms with Gasteiger partial charge in [-0.05, 0) is 41.3 Å². The quantitative estimate of drug-likeness (QED) is 0.704. The van der Waals surface area contributed by atoms with Gasteiger partial charge in [0.2, 0.25) is 0 Å². The fourth-order valence-corrected chi connectivity index (χ4v) is 2.73. The highest BCUT2D eigenvalue weighted by molar-refractivity contribution is 6.02. The van der Waals surface area contributed by atoms with E-state index in [2.05, 4.69) is 41.5 Å². The Morgan fingerprint density at radius 1 is 0.963 bits per heavy atom. The molecule has 1 aromatic heterocycles. The third-order valence-electron chi connectivity index (χ3n) is 4.37. The number of hydrogen-bond donors (Lipinski definition) is 1. The Bertz CT molecular complexity index is 874. The second-order valence-electron chi connectivity index (χ2n) is 6.85. The number of anilines is 2. The standard InChI is InChI=1S/C22H24N4O/c1-16(2)18-9-11-19(12-10-18)23-22(27)20-13-14-21(25-24-20)26(3)15-17-7-5-4-6-8-17/h4-14,16H,15H2,1-3H3,(H,23,27). The van der Waals surface area contributed by atoms with Crippen LogP contribution in [0.15, 0.2) is 66.7 Å². The van der Waals surface area contributed by atoms with Crippen molar-refractivity contribution in [2.45, 2.75) is 26.3 Å². The van der Waals surface area contributed by atoms with Crippen molar-refractivity contribution >= 4 is 17.4 Å². The van der Waals surface area contributed by atoms with E-state index in [1.165, 1.54) is 11.1 Å². The molecule has 5 heteroatoms. The van der Waals surface area contributed by atoms with Crippen molar-refractivity contribution in [2.24, 2.45) is 0 Å². The third-order valence-corrected chi connectivity index (χ3v) is 4.37. The number of amides is 1. The minimum Gasteiger partial charge on any atom is -0.354 e. The van der Waals surface area contributed by atoms with Gasteiger partial charge in [-0.1, -0.05) is 56.3 Å². The van der Waals surface area contributed by atoms with E-state index in [1.807, 2.05) is 60.5 Å². The summed E-state index contributed by atoms with van der Waals surface area (Å²) in [5.41, 5.74) is 3.46. The molecule has 138 valence electrons. The van der Waals surface area contributed by atoms with Gasteiger partial charge in [-0.15, -0.1) is 10.2 Å². The first-order chi connectivity index (χ1) is 13.0. The summed E-state index contributed by atoms with van der Waals surface area (Å²) in [7, 11) is 1.95. The molecular weight excluding hydrogens is 336 g/mol. The van der Waals surface area contributed by atoms with Crippen LogP contribution in [0.4, 0.5) is 11.5 Å². The lowest BCUT2D eigenvalue weighted by Crippen LogP contribution is -2.20. The van der Waals surface area contributed by atoms with Crippen molar-refractivity contribution in [3.05, 3.63) is 83.6 Å². The number of hydrogen-bond acceptors (Lipinski definition) is 4. The van der Waals surface area contributed by atoms with Crippen LogP contribution in [-0.4, -0.2) is 23.2 Å². The van der Waals surface area contributed by atoms with Crippen LogP contribution in [0.25, 0.3) is 0 Å². The molecular formula is C22H24N4O. The second kappa shape index (κ2) is 8.45. The normalized spacial score (nSPS) is 10.7. The van der Waals surface area contributed by atoms with Crippen LogP contribution in [0, 0.1) is 0 Å². The molecule has 0 spiro atoms. The van der Waals surface area contributed by atoms with Crippen molar-refractivity contribution < 1.29 is 4.79 Å². The highest BCUT2D eigenvalue weighted by Gasteiger charge is 2.11. The van der Waals surface area contributed by atoms with Gasteiger partial charge in [0.25, 0.3) is 5.91 Å². The summed E-state index contributed by atoms with van der Waals surface area (Å²) < 4.78 is 0. The van der Waals surface area contributed by atoms with E-state index < -0.39 is 0 Å². The van der Waals surface area contributed by atoms with Gasteiger partial charge in [0.15, 0.2) is 11.5 Å². The summed E-state index contributed by atoms with van der Waals surface area (Å²) in [6, 6.07) is 21.5. The molecule has 27 heavy (non-hydrogen) atoms. The summed E-state index contributed by atoms with van der Waals surface area (Å²) in [5, 5.41) is 11.1. The van der Waals surface area contributed by atoms with Crippen LogP contribution >= 0.6 is 0 Å². The maximum Gasteiger partial charge on any atom is 0.276 e. The second-order valence-corrected chi connectivity index (χ2v) is 6.85. The highest BCUT2D eigenvalue weighted by Crippen LogP contribution is 2.18. The Hall–Kier alpha value is -3.21. The number of nitrogens with one attached hydrogen (secondary N) is 1. The first kappa shape index (κ1) is 18.6. The van der Waals surface area contributed by atoms with E-state index in [1.54, 1.807) is 6.07 Å². The predicted octanol–water partition coefficient (Wildman–Crippen LogP) is 4.49. The maximum absolute atomic E-state index is 12.4. The van der Waals surface area contributed by atoms with Gasteiger partial charge in [0.05, 0.1) is 0 Å². The largest absolute Gasteiger partial charge is 0.354 e. The van der Waals surface area contributed by atoms with Crippen molar-refractivity contribution in [1.29, 1.82) is 0 Å². The van der Waals surface area contributed by atoms with Gasteiger partial charge in [-0.25, -0.2) is 0 Å². The summed E-state index contributed by atoms with van der Waals surface area (Å²) in [6.07, 6.45) is 0. The van der Waals surface area contributed by atoms with E-state index in [0.29, 0.717) is 11.6 Å². The molecule has 0 aliphatic carbocycles. The minimum atomic E-state index is -0.267. The molecule has 3 aromatic rings. The lowest BCUT2D eigenvalue weighted by atomic mass is 10.0. The van der Waals surface area contributed by atoms with E-state index in [4.69, 9.17) is 0 Å². The van der Waals surface area contributed by atoms with Gasteiger partial charge in [0.1, 0.15) is 0 Å². The van der Waals surface area contributed by atoms with Crippen LogP contribution in [0.3, 0.4) is 0 Å². The van der Waals surface area contributed by atoms with E-state index in [9.17, 15) is 4.79 Å². The fraction of sp³-hybridized carbons (Fsp3) is 0.227. The molecule has 0 aliphatic heterocycles. The van der Waals surface area contributed by atoms with Gasteiger partial charge in [-0.2, -0.15) is 0 Å². The maximum atomic E-state index is 12.4. The Morgan fingerprint density at radius 2 is 1.67 bits per heavy atom. The van der Waals surface area contributed by atoms with Crippen molar-refractivity contribution in [2.75, 3.05) is 17.3 Å². The van der Waals surface area contributed by atoms with Gasteiger partial charge >= 0.3 is 0 Å². The number of nitrogens with zero attached hydrogens (tertiary/aromatic N) is 3. The molecule has 0 radical (unpaired) electrons. The summed E-state index contributed by atoms with van der Waals surface area (Å²) in [5.74, 6) is 0.912. The zero-order valence-corrected chi connectivity index (χ0v) is 15.9. The molecule has 1 N–H and O–H groups in total. The van der Waals surface area contributed by atoms with E-state index in [0.717, 1.165) is 18.1 Å². The lowest BCUT2D eigenvalue weighted by molar-refractivity contribution is 0.102. The molecule has 0 aliphatic rings. The highest BCUT2D eigenvalue weighted by atomic mass is 16.1. The third kappa shape index (κ3) is 4.91. The topological polar surface area (TPSA) is 58.1 Å². The van der Waals surface area contributed by atoms with Gasteiger partial charge < -0.3 is 10.2 Å². The number of carbonyl (C=O) groups is 1. The molecule has 0 unspecified atom stereocenters. The van der Waals surface area contributed by atoms with Crippen molar-refractivity contribution in [1.82, 2.24) is 10.2 Å². The van der Waals surface area contributed by atoms with Crippen molar-refractivity contribution in [3.63, 3.8) is 0 Å². The number of benzene rings is 2. The zero-order valence-electron chi connectivity index (χ0n) is 15.9. The number of rotatable bonds is 6. The van der Waals surface area contributed by atoms with Gasteiger partial charge in [-0.3, -0.25) is 4.79 Å². The Labute approximate surface area is 160 Å². The smallest absolute Gasteiger partial charge is 0.276 e. The fourth-order valence-electron chi connectivity index (χ4n) is 2.73. The molecule has 0 fully saturated rings. The molecule has 5 nitrogen and oxygen atoms in total. The monoisotopic (exact) mass is 360 g/mol. The Morgan fingerprint density at radius 3 is 2.26 bits per heavy atom. The van der Waals surface area contributed by atoms with E-state index in [-0.39, 0.29) is 5.91 Å². The van der Waals surface area contributed by atoms with Crippen LogP contribution < -0.4 is 10.2 Å². The Kier molecular flexibility index (Phi) is 5.81. The lowest BCUT2D eigenvalue weighted by Gasteiger charge is -2.17. The van der Waals surface area contributed by atoms with Crippen LogP contribution in [0.2, 0.25) is 0 Å². The SMILES string of the molecule is CC(C)c1ccc(NC(=O)c2ccc(N(C)Cc3ccccc3)nn2)cc1. The number of carbonyl (C=O) groups excluding carboxylic acids is 1. The Balaban J connectivity index is 1.63. The molecule has 0 bridgehead atoms. The van der Waals surface area contributed by atoms with E-state index >= 15 is 0 Å². The molecule has 0 saturated carbocycles. The minimum absolute atomic E-state index is 0.267. The van der Waals surface area contributed by atoms with Crippen LogP contribution in [-0.2, 0) is 6.54 Å². The zero-order chi connectivity index (χ0) is 19.2. The average Bonchev–Trinajstić information content (AvgIpc) is 2.69. The van der Waals surface area contributed by atoms with Crippen LogP contribution in [0.1, 0.15) is 41.4 Å². The van der Waals surface area contributed by atoms with Crippen LogP contribution in [0.5, 0.6) is 0 Å².